The van der Waals surface area contributed by atoms with Crippen LogP contribution in [0, 0.1) is 13.8 Å². The van der Waals surface area contributed by atoms with Gasteiger partial charge in [0, 0.05) is 34.2 Å². The molecule has 0 aliphatic carbocycles. The Balaban J connectivity index is 0.000000511. The van der Waals surface area contributed by atoms with Gasteiger partial charge in [-0.1, -0.05) is 31.9 Å². The molecular formula is C22H25Br2ClN2O6. The van der Waals surface area contributed by atoms with E-state index in [1.165, 1.54) is 19.4 Å². The molecule has 0 unspecified atom stereocenters. The van der Waals surface area contributed by atoms with Crippen LogP contribution in [0.2, 0.25) is 0 Å². The highest BCUT2D eigenvalue weighted by Crippen LogP contribution is 2.20. The zero-order valence-electron chi connectivity index (χ0n) is 18.5. The number of halogens is 3. The number of hydrogen-bond acceptors (Lipinski definition) is 7. The lowest BCUT2D eigenvalue weighted by molar-refractivity contribution is -0.145. The fourth-order valence-corrected chi connectivity index (χ4v) is 2.46. The molecule has 33 heavy (non-hydrogen) atoms. The highest BCUT2D eigenvalue weighted by atomic mass is 79.9. The molecule has 0 spiro atoms. The number of benzene rings is 2. The van der Waals surface area contributed by atoms with Gasteiger partial charge in [0.25, 0.3) is 11.1 Å². The minimum Gasteiger partial charge on any atom is -0.456 e. The minimum atomic E-state index is -0.666. The first-order valence-corrected chi connectivity index (χ1v) is 11.3. The second-order valence-corrected chi connectivity index (χ2v) is 8.57. The third-order valence-electron chi connectivity index (χ3n) is 3.42. The number of amides is 1. The normalized spacial score (nSPS) is 9.30. The van der Waals surface area contributed by atoms with Crippen molar-refractivity contribution in [1.82, 2.24) is 0 Å². The summed E-state index contributed by atoms with van der Waals surface area (Å²) < 4.78 is 10.8. The lowest BCUT2D eigenvalue weighted by atomic mass is 10.2. The number of nitrogens with one attached hydrogen (secondary N) is 1. The van der Waals surface area contributed by atoms with Gasteiger partial charge in [0.1, 0.15) is 0 Å². The van der Waals surface area contributed by atoms with E-state index < -0.39 is 17.2 Å². The van der Waals surface area contributed by atoms with Gasteiger partial charge < -0.3 is 20.5 Å². The molecule has 2 aromatic carbocycles. The molecule has 0 aromatic heterocycles. The summed E-state index contributed by atoms with van der Waals surface area (Å²) in [5.41, 5.74) is 9.20. The number of esters is 2. The van der Waals surface area contributed by atoms with Gasteiger partial charge in [0.05, 0.1) is 0 Å². The Kier molecular flexibility index (Phi) is 15.0. The smallest absolute Gasteiger partial charge is 0.303 e. The zero-order chi connectivity index (χ0) is 25.6. The van der Waals surface area contributed by atoms with Gasteiger partial charge in [-0.2, -0.15) is 0 Å². The molecule has 11 heteroatoms. The Hall–Kier alpha value is -2.43. The number of ether oxygens (including phenoxy) is 2. The first-order valence-electron chi connectivity index (χ1n) is 9.34. The van der Waals surface area contributed by atoms with Crippen LogP contribution in [0.1, 0.15) is 25.0 Å². The summed E-state index contributed by atoms with van der Waals surface area (Å²) in [7, 11) is 0. The summed E-state index contributed by atoms with van der Waals surface area (Å²) in [5, 5.41) is 1.96. The number of hydrogen-bond donors (Lipinski definition) is 2. The summed E-state index contributed by atoms with van der Waals surface area (Å²) in [6.45, 7) is 5.81. The third kappa shape index (κ3) is 15.9. The maximum Gasteiger partial charge on any atom is 0.303 e. The van der Waals surface area contributed by atoms with Gasteiger partial charge in [-0.3, -0.25) is 19.2 Å². The molecule has 3 N–H and O–H groups in total. The second kappa shape index (κ2) is 16.2. The van der Waals surface area contributed by atoms with Crippen LogP contribution in [0.5, 0.6) is 0 Å². The number of nitrogens with two attached hydrogens (primary N) is 1. The average Bonchev–Trinajstić information content (AvgIpc) is 2.71. The highest BCUT2D eigenvalue weighted by molar-refractivity contribution is 9.10. The fourth-order valence-electron chi connectivity index (χ4n) is 1.91. The molecular weight excluding hydrogens is 584 g/mol. The van der Waals surface area contributed by atoms with Crippen molar-refractivity contribution in [2.75, 3.05) is 24.3 Å². The molecule has 0 saturated heterocycles. The standard InChI is InChI=1S/C11H12BrNO3.C7H8BrN.C4H5ClO3/c1-7-5-9(3-4-10(7)12)13-11(15)6-16-8(2)14;1-5-4-6(9)2-3-7(5)8;1-3(6)8-2-4(5)7/h3-5H,6H2,1-2H3,(H,13,15);2-4H,9H2,1H3;2H2,1H3. The van der Waals surface area contributed by atoms with E-state index in [-0.39, 0.29) is 19.1 Å². The average molecular weight is 609 g/mol. The molecule has 8 nitrogen and oxygen atoms in total. The number of carbonyl (C=O) groups excluding carboxylic acids is 4. The summed E-state index contributed by atoms with van der Waals surface area (Å²) >= 11 is 11.5. The van der Waals surface area contributed by atoms with E-state index in [1.807, 2.05) is 44.2 Å². The monoisotopic (exact) mass is 606 g/mol. The Morgan fingerprint density at radius 1 is 0.879 bits per heavy atom. The lowest BCUT2D eigenvalue weighted by Gasteiger charge is -2.06. The van der Waals surface area contributed by atoms with Gasteiger partial charge in [-0.05, 0) is 73.0 Å². The van der Waals surface area contributed by atoms with Crippen molar-refractivity contribution in [3.8, 4) is 0 Å². The predicted molar refractivity (Wildman–Crippen MR) is 135 cm³/mol. The molecule has 0 heterocycles. The second-order valence-electron chi connectivity index (χ2n) is 6.44. The van der Waals surface area contributed by atoms with Crippen LogP contribution in [-0.4, -0.2) is 36.3 Å². The fraction of sp³-hybridized carbons (Fsp3) is 0.273. The van der Waals surface area contributed by atoms with Gasteiger partial charge in [0.2, 0.25) is 0 Å². The topological polar surface area (TPSA) is 125 Å². The van der Waals surface area contributed by atoms with Crippen molar-refractivity contribution in [2.45, 2.75) is 27.7 Å². The third-order valence-corrected chi connectivity index (χ3v) is 5.31. The van der Waals surface area contributed by atoms with Crippen LogP contribution >= 0.6 is 43.5 Å². The Morgan fingerprint density at radius 2 is 1.36 bits per heavy atom. The number of anilines is 2. The van der Waals surface area contributed by atoms with Crippen molar-refractivity contribution >= 4 is 77.9 Å². The molecule has 0 saturated carbocycles. The molecule has 1 amide bonds. The minimum absolute atomic E-state index is 0.259. The van der Waals surface area contributed by atoms with Gasteiger partial charge >= 0.3 is 11.9 Å². The van der Waals surface area contributed by atoms with Crippen LogP contribution in [0.15, 0.2) is 45.3 Å². The molecule has 2 aromatic rings. The molecule has 180 valence electrons. The van der Waals surface area contributed by atoms with E-state index in [4.69, 9.17) is 17.3 Å². The first kappa shape index (κ1) is 30.6. The van der Waals surface area contributed by atoms with Crippen LogP contribution in [0.25, 0.3) is 0 Å². The van der Waals surface area contributed by atoms with Crippen LogP contribution in [-0.2, 0) is 28.7 Å². The highest BCUT2D eigenvalue weighted by Gasteiger charge is 2.05. The molecule has 0 aliphatic rings. The number of nitrogen functional groups attached to an aromatic ring is 1. The van der Waals surface area contributed by atoms with Gasteiger partial charge in [-0.15, -0.1) is 0 Å². The quantitative estimate of drug-likeness (QED) is 0.281. The molecule has 0 bridgehead atoms. The summed E-state index contributed by atoms with van der Waals surface area (Å²) in [4.78, 5) is 41.6. The summed E-state index contributed by atoms with van der Waals surface area (Å²) in [5.74, 6) is -1.32. The van der Waals surface area contributed by atoms with Crippen molar-refractivity contribution in [3.63, 3.8) is 0 Å². The van der Waals surface area contributed by atoms with Gasteiger partial charge in [-0.25, -0.2) is 0 Å². The van der Waals surface area contributed by atoms with Gasteiger partial charge in [0.15, 0.2) is 13.2 Å². The molecule has 0 atom stereocenters. The van der Waals surface area contributed by atoms with E-state index in [0.717, 1.165) is 20.2 Å². The maximum atomic E-state index is 11.3. The Labute approximate surface area is 214 Å². The van der Waals surface area contributed by atoms with Crippen LogP contribution in [0.4, 0.5) is 11.4 Å². The van der Waals surface area contributed by atoms with E-state index in [9.17, 15) is 19.2 Å². The Bertz CT molecular complexity index is 971. The summed E-state index contributed by atoms with van der Waals surface area (Å²) in [6.07, 6.45) is 0. The van der Waals surface area contributed by atoms with Crippen LogP contribution in [0.3, 0.4) is 0 Å². The van der Waals surface area contributed by atoms with Crippen molar-refractivity contribution in [1.29, 1.82) is 0 Å². The summed E-state index contributed by atoms with van der Waals surface area (Å²) in [6, 6.07) is 11.2. The zero-order valence-corrected chi connectivity index (χ0v) is 22.5. The molecule has 0 aliphatic heterocycles. The van der Waals surface area contributed by atoms with Crippen molar-refractivity contribution in [3.05, 3.63) is 56.5 Å². The Morgan fingerprint density at radius 3 is 1.76 bits per heavy atom. The van der Waals surface area contributed by atoms with Crippen LogP contribution < -0.4 is 11.1 Å². The van der Waals surface area contributed by atoms with Crippen molar-refractivity contribution in [2.24, 2.45) is 0 Å². The predicted octanol–water partition coefficient (Wildman–Crippen LogP) is 4.91. The van der Waals surface area contributed by atoms with E-state index >= 15 is 0 Å². The molecule has 0 fully saturated rings. The number of aryl methyl sites for hydroxylation is 2. The number of rotatable bonds is 5. The van der Waals surface area contributed by atoms with E-state index in [0.29, 0.717) is 5.69 Å². The molecule has 0 radical (unpaired) electrons. The first-order chi connectivity index (χ1) is 15.3. The lowest BCUT2D eigenvalue weighted by Crippen LogP contribution is -2.19. The van der Waals surface area contributed by atoms with E-state index in [1.54, 1.807) is 6.07 Å². The molecule has 2 rings (SSSR count). The number of carbonyl (C=O) groups is 4. The van der Waals surface area contributed by atoms with E-state index in [2.05, 4.69) is 46.7 Å². The van der Waals surface area contributed by atoms with Crippen molar-refractivity contribution < 1.29 is 28.7 Å². The largest absolute Gasteiger partial charge is 0.456 e. The SMILES string of the molecule is CC(=O)OCC(=O)Cl.CC(=O)OCC(=O)Nc1ccc(Br)c(C)c1.Cc1cc(N)ccc1Br. The maximum absolute atomic E-state index is 11.3.